The Morgan fingerprint density at radius 3 is 1.93 bits per heavy atom. The van der Waals surface area contributed by atoms with E-state index < -0.39 is 11.9 Å². The number of esters is 2. The first-order valence-corrected chi connectivity index (χ1v) is 9.02. The minimum atomic E-state index is -0.568. The Morgan fingerprint density at radius 2 is 1.46 bits per heavy atom. The Hall–Kier alpha value is -3.22. The van der Waals surface area contributed by atoms with Gasteiger partial charge in [0, 0.05) is 18.8 Å². The molecule has 0 unspecified atom stereocenters. The second-order valence-corrected chi connectivity index (χ2v) is 6.09. The fourth-order valence-corrected chi connectivity index (χ4v) is 2.79. The largest absolute Gasteiger partial charge is 0.465 e. The monoisotopic (exact) mass is 383 g/mol. The lowest BCUT2D eigenvalue weighted by atomic mass is 10.1. The molecule has 0 saturated heterocycles. The highest BCUT2D eigenvalue weighted by molar-refractivity contribution is 5.96. The number of methoxy groups -OCH3 is 2. The van der Waals surface area contributed by atoms with Gasteiger partial charge in [-0.1, -0.05) is 0 Å². The summed E-state index contributed by atoms with van der Waals surface area (Å²) in [6.45, 7) is 8.03. The van der Waals surface area contributed by atoms with Crippen molar-refractivity contribution in [2.24, 2.45) is 10.2 Å². The molecular weight excluding hydrogens is 358 g/mol. The van der Waals surface area contributed by atoms with Crippen LogP contribution in [0.15, 0.2) is 46.6 Å². The normalized spacial score (nSPS) is 10.8. The Bertz CT molecular complexity index is 855. The number of nitrogens with zero attached hydrogens (tertiary/aromatic N) is 3. The van der Waals surface area contributed by atoms with Gasteiger partial charge in [0.15, 0.2) is 0 Å². The average Bonchev–Trinajstić information content (AvgIpc) is 2.72. The van der Waals surface area contributed by atoms with E-state index in [-0.39, 0.29) is 11.1 Å². The van der Waals surface area contributed by atoms with Gasteiger partial charge >= 0.3 is 11.9 Å². The van der Waals surface area contributed by atoms with E-state index in [0.29, 0.717) is 11.4 Å². The quantitative estimate of drug-likeness (QED) is 0.505. The molecule has 0 atom stereocenters. The first-order valence-electron chi connectivity index (χ1n) is 9.02. The molecule has 0 amide bonds. The molecule has 0 fully saturated rings. The van der Waals surface area contributed by atoms with Crippen molar-refractivity contribution in [3.05, 3.63) is 53.1 Å². The molecule has 0 saturated carbocycles. The van der Waals surface area contributed by atoms with Crippen molar-refractivity contribution in [3.63, 3.8) is 0 Å². The molecule has 0 N–H and O–H groups in total. The van der Waals surface area contributed by atoms with Crippen LogP contribution in [0.4, 0.5) is 17.1 Å². The third-order valence-electron chi connectivity index (χ3n) is 4.34. The van der Waals surface area contributed by atoms with Crippen molar-refractivity contribution in [3.8, 4) is 0 Å². The Balaban J connectivity index is 2.37. The number of ether oxygens (including phenoxy) is 2. The lowest BCUT2D eigenvalue weighted by molar-refractivity contribution is 0.0599. The van der Waals surface area contributed by atoms with Crippen LogP contribution in [0.2, 0.25) is 0 Å². The van der Waals surface area contributed by atoms with Crippen LogP contribution >= 0.6 is 0 Å². The predicted molar refractivity (Wildman–Crippen MR) is 108 cm³/mol. The highest BCUT2D eigenvalue weighted by Gasteiger charge is 2.14. The molecule has 28 heavy (non-hydrogen) atoms. The minimum absolute atomic E-state index is 0.202. The van der Waals surface area contributed by atoms with Crippen molar-refractivity contribution in [1.29, 1.82) is 0 Å². The molecule has 2 aromatic carbocycles. The summed E-state index contributed by atoms with van der Waals surface area (Å²) < 4.78 is 9.46. The van der Waals surface area contributed by atoms with Crippen LogP contribution in [0, 0.1) is 6.92 Å². The van der Waals surface area contributed by atoms with Crippen LogP contribution in [0.25, 0.3) is 0 Å². The van der Waals surface area contributed by atoms with Crippen molar-refractivity contribution in [2.75, 3.05) is 32.2 Å². The van der Waals surface area contributed by atoms with Crippen molar-refractivity contribution >= 4 is 29.0 Å². The molecule has 0 aliphatic carbocycles. The lowest BCUT2D eigenvalue weighted by Crippen LogP contribution is -2.21. The van der Waals surface area contributed by atoms with Crippen LogP contribution in [0.1, 0.15) is 40.1 Å². The van der Waals surface area contributed by atoms with Crippen LogP contribution in [-0.2, 0) is 9.47 Å². The van der Waals surface area contributed by atoms with Crippen LogP contribution in [0.3, 0.4) is 0 Å². The number of anilines is 1. The van der Waals surface area contributed by atoms with Gasteiger partial charge in [0.05, 0.1) is 36.7 Å². The molecule has 0 radical (unpaired) electrons. The number of carbonyl (C=O) groups excluding carboxylic acids is 2. The van der Waals surface area contributed by atoms with Gasteiger partial charge in [-0.3, -0.25) is 0 Å². The zero-order valence-corrected chi connectivity index (χ0v) is 16.9. The number of benzene rings is 2. The van der Waals surface area contributed by atoms with Gasteiger partial charge in [0.25, 0.3) is 0 Å². The van der Waals surface area contributed by atoms with E-state index in [4.69, 9.17) is 9.47 Å². The minimum Gasteiger partial charge on any atom is -0.465 e. The summed E-state index contributed by atoms with van der Waals surface area (Å²) in [6, 6.07) is 10.4. The third-order valence-corrected chi connectivity index (χ3v) is 4.34. The van der Waals surface area contributed by atoms with Gasteiger partial charge in [0.1, 0.15) is 0 Å². The molecule has 7 heteroatoms. The number of carbonyl (C=O) groups is 2. The van der Waals surface area contributed by atoms with Crippen molar-refractivity contribution in [1.82, 2.24) is 0 Å². The molecular formula is C21H25N3O4. The summed E-state index contributed by atoms with van der Waals surface area (Å²) >= 11 is 0. The molecule has 0 aromatic heterocycles. The Labute approximate surface area is 165 Å². The summed E-state index contributed by atoms with van der Waals surface area (Å²) in [6.07, 6.45) is 0. The Kier molecular flexibility index (Phi) is 7.26. The first-order chi connectivity index (χ1) is 13.4. The zero-order valence-electron chi connectivity index (χ0n) is 16.9. The summed E-state index contributed by atoms with van der Waals surface area (Å²) in [5.74, 6) is -1.14. The van der Waals surface area contributed by atoms with Crippen molar-refractivity contribution < 1.29 is 19.1 Å². The maximum absolute atomic E-state index is 11.9. The topological polar surface area (TPSA) is 80.6 Å². The van der Waals surface area contributed by atoms with Gasteiger partial charge in [-0.15, -0.1) is 0 Å². The molecule has 0 aliphatic rings. The second-order valence-electron chi connectivity index (χ2n) is 6.09. The summed E-state index contributed by atoms with van der Waals surface area (Å²) in [4.78, 5) is 26.0. The van der Waals surface area contributed by atoms with Crippen molar-refractivity contribution in [2.45, 2.75) is 20.8 Å². The maximum atomic E-state index is 11.9. The van der Waals surface area contributed by atoms with E-state index in [0.717, 1.165) is 24.3 Å². The third kappa shape index (κ3) is 4.94. The van der Waals surface area contributed by atoms with E-state index >= 15 is 0 Å². The molecule has 0 heterocycles. The van der Waals surface area contributed by atoms with Gasteiger partial charge in [-0.2, -0.15) is 10.2 Å². The summed E-state index contributed by atoms with van der Waals surface area (Å²) in [5.41, 5.74) is 3.57. The summed E-state index contributed by atoms with van der Waals surface area (Å²) in [5, 5.41) is 8.49. The highest BCUT2D eigenvalue weighted by Crippen LogP contribution is 2.27. The van der Waals surface area contributed by atoms with E-state index in [2.05, 4.69) is 35.0 Å². The standard InChI is InChI=1S/C21H25N3O4/c1-6-24(7-2)18-8-9-19(14(3)10-18)23-22-17-12-15(20(25)27-4)11-16(13-17)21(26)28-5/h8-13H,6-7H2,1-5H3. The van der Waals surface area contributed by atoms with Gasteiger partial charge in [0.2, 0.25) is 0 Å². The lowest BCUT2D eigenvalue weighted by Gasteiger charge is -2.21. The van der Waals surface area contributed by atoms with Gasteiger partial charge in [-0.25, -0.2) is 9.59 Å². The molecule has 0 spiro atoms. The van der Waals surface area contributed by atoms with E-state index in [9.17, 15) is 9.59 Å². The fourth-order valence-electron chi connectivity index (χ4n) is 2.79. The predicted octanol–water partition coefficient (Wildman–Crippen LogP) is 4.83. The van der Waals surface area contributed by atoms with E-state index in [1.807, 2.05) is 19.1 Å². The molecule has 0 bridgehead atoms. The number of hydrogen-bond acceptors (Lipinski definition) is 7. The van der Waals surface area contributed by atoms with Crippen LogP contribution in [-0.4, -0.2) is 39.2 Å². The first kappa shape index (κ1) is 21.1. The number of rotatable bonds is 7. The maximum Gasteiger partial charge on any atom is 0.337 e. The smallest absolute Gasteiger partial charge is 0.337 e. The second kappa shape index (κ2) is 9.64. The van der Waals surface area contributed by atoms with E-state index in [1.165, 1.54) is 32.4 Å². The van der Waals surface area contributed by atoms with Crippen LogP contribution in [0.5, 0.6) is 0 Å². The molecule has 7 nitrogen and oxygen atoms in total. The number of azo groups is 1. The summed E-state index contributed by atoms with van der Waals surface area (Å²) in [7, 11) is 2.55. The van der Waals surface area contributed by atoms with Crippen LogP contribution < -0.4 is 4.90 Å². The highest BCUT2D eigenvalue weighted by atomic mass is 16.5. The SMILES string of the molecule is CCN(CC)c1ccc(N=Nc2cc(C(=O)OC)cc(C(=O)OC)c2)c(C)c1. The number of aryl methyl sites for hydroxylation is 1. The fraction of sp³-hybridized carbons (Fsp3) is 0.333. The zero-order chi connectivity index (χ0) is 20.7. The molecule has 148 valence electrons. The molecule has 0 aliphatic heterocycles. The molecule has 2 aromatic rings. The van der Waals surface area contributed by atoms with Gasteiger partial charge < -0.3 is 14.4 Å². The molecule has 2 rings (SSSR count). The Morgan fingerprint density at radius 1 is 0.893 bits per heavy atom. The number of hydrogen-bond donors (Lipinski definition) is 0. The van der Waals surface area contributed by atoms with Gasteiger partial charge in [-0.05, 0) is 62.7 Å². The average molecular weight is 383 g/mol. The van der Waals surface area contributed by atoms with E-state index in [1.54, 1.807) is 0 Å².